The standard InChI is InChI=1S/C18H29NO/c1-17(2,3)16-8-6-15(7-9-16)14-19-12-5-10-18(4,20)11-13-19/h6-9,20H,5,10-14H2,1-4H3. The molecule has 1 aliphatic heterocycles. The zero-order chi connectivity index (χ0) is 14.8. The number of hydrogen-bond donors (Lipinski definition) is 1. The van der Waals surface area contributed by atoms with Gasteiger partial charge in [0.25, 0.3) is 0 Å². The summed E-state index contributed by atoms with van der Waals surface area (Å²) in [4.78, 5) is 2.47. The molecule has 20 heavy (non-hydrogen) atoms. The molecular weight excluding hydrogens is 246 g/mol. The first-order valence-electron chi connectivity index (χ1n) is 7.80. The minimum atomic E-state index is -0.467. The average Bonchev–Trinajstić information content (AvgIpc) is 2.51. The second-order valence-corrected chi connectivity index (χ2v) is 7.57. The summed E-state index contributed by atoms with van der Waals surface area (Å²) in [5.41, 5.74) is 2.52. The molecule has 0 saturated carbocycles. The molecule has 1 N–H and O–H groups in total. The largest absolute Gasteiger partial charge is 0.390 e. The molecule has 2 nitrogen and oxygen atoms in total. The van der Waals surface area contributed by atoms with Crippen LogP contribution >= 0.6 is 0 Å². The third-order valence-corrected chi connectivity index (χ3v) is 4.38. The van der Waals surface area contributed by atoms with E-state index in [1.54, 1.807) is 0 Å². The van der Waals surface area contributed by atoms with E-state index in [-0.39, 0.29) is 5.41 Å². The fraction of sp³-hybridized carbons (Fsp3) is 0.667. The van der Waals surface area contributed by atoms with Crippen molar-refractivity contribution in [3.63, 3.8) is 0 Å². The van der Waals surface area contributed by atoms with Gasteiger partial charge in [0, 0.05) is 13.1 Å². The lowest BCUT2D eigenvalue weighted by Crippen LogP contribution is -2.28. The van der Waals surface area contributed by atoms with Crippen LogP contribution in [0.3, 0.4) is 0 Å². The Hall–Kier alpha value is -0.860. The van der Waals surface area contributed by atoms with Gasteiger partial charge in [-0.25, -0.2) is 0 Å². The van der Waals surface area contributed by atoms with Crippen molar-refractivity contribution in [1.82, 2.24) is 4.90 Å². The highest BCUT2D eigenvalue weighted by Gasteiger charge is 2.24. The maximum atomic E-state index is 10.1. The van der Waals surface area contributed by atoms with Crippen molar-refractivity contribution >= 4 is 0 Å². The average molecular weight is 275 g/mol. The fourth-order valence-electron chi connectivity index (χ4n) is 2.85. The zero-order valence-corrected chi connectivity index (χ0v) is 13.4. The van der Waals surface area contributed by atoms with Crippen LogP contribution in [-0.4, -0.2) is 28.7 Å². The van der Waals surface area contributed by atoms with E-state index in [0.29, 0.717) is 0 Å². The first-order valence-corrected chi connectivity index (χ1v) is 7.80. The van der Waals surface area contributed by atoms with Gasteiger partial charge in [0.15, 0.2) is 0 Å². The number of nitrogens with zero attached hydrogens (tertiary/aromatic N) is 1. The van der Waals surface area contributed by atoms with Crippen molar-refractivity contribution in [3.05, 3.63) is 35.4 Å². The fourth-order valence-corrected chi connectivity index (χ4v) is 2.85. The SMILES string of the molecule is CC1(O)CCCN(Cc2ccc(C(C)(C)C)cc2)CC1. The lowest BCUT2D eigenvalue weighted by atomic mass is 9.87. The Bertz CT molecular complexity index is 428. The van der Waals surface area contributed by atoms with Gasteiger partial charge >= 0.3 is 0 Å². The molecule has 2 heteroatoms. The summed E-state index contributed by atoms with van der Waals surface area (Å²) in [5, 5.41) is 10.1. The summed E-state index contributed by atoms with van der Waals surface area (Å²) in [6, 6.07) is 9.01. The molecule has 1 heterocycles. The Morgan fingerprint density at radius 3 is 2.35 bits per heavy atom. The van der Waals surface area contributed by atoms with Crippen molar-refractivity contribution in [1.29, 1.82) is 0 Å². The third kappa shape index (κ3) is 4.32. The van der Waals surface area contributed by atoms with Gasteiger partial charge in [-0.3, -0.25) is 4.90 Å². The maximum absolute atomic E-state index is 10.1. The van der Waals surface area contributed by atoms with Crippen LogP contribution < -0.4 is 0 Å². The minimum Gasteiger partial charge on any atom is -0.390 e. The second-order valence-electron chi connectivity index (χ2n) is 7.57. The van der Waals surface area contributed by atoms with Crippen LogP contribution in [-0.2, 0) is 12.0 Å². The summed E-state index contributed by atoms with van der Waals surface area (Å²) in [6.45, 7) is 11.8. The monoisotopic (exact) mass is 275 g/mol. The van der Waals surface area contributed by atoms with Gasteiger partial charge in [-0.05, 0) is 49.3 Å². The van der Waals surface area contributed by atoms with Crippen LogP contribution in [0.2, 0.25) is 0 Å². The predicted octanol–water partition coefficient (Wildman–Crippen LogP) is 3.72. The molecule has 1 aliphatic rings. The second kappa shape index (κ2) is 5.87. The van der Waals surface area contributed by atoms with E-state index in [1.807, 2.05) is 6.92 Å². The number of benzene rings is 1. The predicted molar refractivity (Wildman–Crippen MR) is 84.9 cm³/mol. The molecule has 0 spiro atoms. The number of rotatable bonds is 2. The van der Waals surface area contributed by atoms with Crippen molar-refractivity contribution in [2.75, 3.05) is 13.1 Å². The Morgan fingerprint density at radius 1 is 1.10 bits per heavy atom. The number of aliphatic hydroxyl groups is 1. The van der Waals surface area contributed by atoms with E-state index in [1.165, 1.54) is 11.1 Å². The van der Waals surface area contributed by atoms with E-state index >= 15 is 0 Å². The maximum Gasteiger partial charge on any atom is 0.0632 e. The van der Waals surface area contributed by atoms with E-state index in [9.17, 15) is 5.11 Å². The van der Waals surface area contributed by atoms with Crippen LogP contribution in [0, 0.1) is 0 Å². The smallest absolute Gasteiger partial charge is 0.0632 e. The first-order chi connectivity index (χ1) is 9.26. The van der Waals surface area contributed by atoms with Crippen molar-refractivity contribution < 1.29 is 5.11 Å². The lowest BCUT2D eigenvalue weighted by Gasteiger charge is -2.23. The number of hydrogen-bond acceptors (Lipinski definition) is 2. The molecule has 1 saturated heterocycles. The topological polar surface area (TPSA) is 23.5 Å². The summed E-state index contributed by atoms with van der Waals surface area (Å²) in [7, 11) is 0. The highest BCUT2D eigenvalue weighted by atomic mass is 16.3. The molecule has 0 bridgehead atoms. The molecule has 1 fully saturated rings. The highest BCUT2D eigenvalue weighted by molar-refractivity contribution is 5.27. The van der Waals surface area contributed by atoms with Gasteiger partial charge in [-0.1, -0.05) is 45.0 Å². The van der Waals surface area contributed by atoms with Crippen molar-refractivity contribution in [3.8, 4) is 0 Å². The molecule has 0 radical (unpaired) electrons. The quantitative estimate of drug-likeness (QED) is 0.889. The van der Waals surface area contributed by atoms with Gasteiger partial charge in [0.2, 0.25) is 0 Å². The van der Waals surface area contributed by atoms with E-state index in [2.05, 4.69) is 49.9 Å². The first kappa shape index (κ1) is 15.5. The van der Waals surface area contributed by atoms with Crippen LogP contribution in [0.5, 0.6) is 0 Å². The normalized spacial score (nSPS) is 25.4. The molecule has 1 aromatic rings. The summed E-state index contributed by atoms with van der Waals surface area (Å²) < 4.78 is 0. The molecule has 2 rings (SSSR count). The summed E-state index contributed by atoms with van der Waals surface area (Å²) >= 11 is 0. The van der Waals surface area contributed by atoms with Gasteiger partial charge in [-0.15, -0.1) is 0 Å². The van der Waals surface area contributed by atoms with E-state index in [4.69, 9.17) is 0 Å². The highest BCUT2D eigenvalue weighted by Crippen LogP contribution is 2.24. The third-order valence-electron chi connectivity index (χ3n) is 4.38. The molecular formula is C18H29NO. The molecule has 1 atom stereocenters. The minimum absolute atomic E-state index is 0.222. The summed E-state index contributed by atoms with van der Waals surface area (Å²) in [6.07, 6.45) is 2.90. The van der Waals surface area contributed by atoms with Crippen LogP contribution in [0.25, 0.3) is 0 Å². The van der Waals surface area contributed by atoms with Crippen LogP contribution in [0.1, 0.15) is 58.1 Å². The van der Waals surface area contributed by atoms with Crippen LogP contribution in [0.4, 0.5) is 0 Å². The Morgan fingerprint density at radius 2 is 1.75 bits per heavy atom. The molecule has 0 aromatic heterocycles. The lowest BCUT2D eigenvalue weighted by molar-refractivity contribution is 0.0444. The van der Waals surface area contributed by atoms with Crippen molar-refractivity contribution in [2.45, 2.75) is 64.5 Å². The van der Waals surface area contributed by atoms with Gasteiger partial charge < -0.3 is 5.11 Å². The van der Waals surface area contributed by atoms with E-state index < -0.39 is 5.60 Å². The van der Waals surface area contributed by atoms with Gasteiger partial charge in [0.1, 0.15) is 0 Å². The van der Waals surface area contributed by atoms with Gasteiger partial charge in [-0.2, -0.15) is 0 Å². The molecule has 112 valence electrons. The number of likely N-dealkylation sites (tertiary alicyclic amines) is 1. The van der Waals surface area contributed by atoms with Gasteiger partial charge in [0.05, 0.1) is 5.60 Å². The van der Waals surface area contributed by atoms with Crippen LogP contribution in [0.15, 0.2) is 24.3 Å². The van der Waals surface area contributed by atoms with E-state index in [0.717, 1.165) is 38.9 Å². The molecule has 1 unspecified atom stereocenters. The zero-order valence-electron chi connectivity index (χ0n) is 13.4. The Kier molecular flexibility index (Phi) is 4.55. The Labute approximate surface area is 123 Å². The molecule has 0 amide bonds. The molecule has 1 aromatic carbocycles. The Balaban J connectivity index is 1.96. The summed E-state index contributed by atoms with van der Waals surface area (Å²) in [5.74, 6) is 0. The van der Waals surface area contributed by atoms with Crippen molar-refractivity contribution in [2.24, 2.45) is 0 Å². The molecule has 0 aliphatic carbocycles.